The summed E-state index contributed by atoms with van der Waals surface area (Å²) in [5.74, 6) is 0. The van der Waals surface area contributed by atoms with Crippen LogP contribution in [-0.4, -0.2) is 30.6 Å². The molecule has 0 radical (unpaired) electrons. The molecule has 0 fully saturated rings. The summed E-state index contributed by atoms with van der Waals surface area (Å²) in [6, 6.07) is 0. The molecule has 0 N–H and O–H groups in total. The summed E-state index contributed by atoms with van der Waals surface area (Å²) in [6.45, 7) is 0.0769. The lowest BCUT2D eigenvalue weighted by Gasteiger charge is -2.35. The molecule has 98 valence electrons. The van der Waals surface area contributed by atoms with Crippen molar-refractivity contribution in [2.75, 3.05) is 0 Å². The van der Waals surface area contributed by atoms with Gasteiger partial charge in [0.25, 0.3) is 0 Å². The predicted octanol–water partition coefficient (Wildman–Crippen LogP) is 2.05. The van der Waals surface area contributed by atoms with Crippen molar-refractivity contribution < 1.29 is 39.3 Å². The number of halogens is 6. The fourth-order valence-electron chi connectivity index (χ4n) is 0.691. The highest BCUT2D eigenvalue weighted by Gasteiger charge is 2.64. The fraction of sp³-hybridized carbons (Fsp3) is 1.00. The second-order valence-corrected chi connectivity index (χ2v) is 5.05. The van der Waals surface area contributed by atoms with Gasteiger partial charge < -0.3 is 4.55 Å². The molecule has 0 spiro atoms. The molecule has 10 heteroatoms. The zero-order chi connectivity index (χ0) is 13.6. The van der Waals surface area contributed by atoms with Crippen LogP contribution in [0.4, 0.5) is 26.3 Å². The highest BCUT2D eigenvalue weighted by molar-refractivity contribution is 7.86. The Morgan fingerprint density at radius 2 is 1.38 bits per heavy atom. The molecule has 0 saturated heterocycles. The van der Waals surface area contributed by atoms with Crippen molar-refractivity contribution in [3.8, 4) is 0 Å². The summed E-state index contributed by atoms with van der Waals surface area (Å²) >= 11 is 0. The van der Waals surface area contributed by atoms with E-state index < -0.39 is 33.1 Å². The van der Waals surface area contributed by atoms with Crippen LogP contribution in [0.15, 0.2) is 0 Å². The van der Waals surface area contributed by atoms with Gasteiger partial charge in [-0.2, -0.15) is 22.0 Å². The van der Waals surface area contributed by atoms with Crippen LogP contribution in [0, 0.1) is 5.41 Å². The van der Waals surface area contributed by atoms with Gasteiger partial charge in [0.2, 0.25) is 0 Å². The first-order valence-corrected chi connectivity index (χ1v) is 5.10. The van der Waals surface area contributed by atoms with Crippen molar-refractivity contribution in [1.29, 1.82) is 0 Å². The number of hydrogen-bond donors (Lipinski definition) is 0. The second kappa shape index (κ2) is 3.76. The third-order valence-corrected chi connectivity index (χ3v) is 2.87. The summed E-state index contributed by atoms with van der Waals surface area (Å²) in [4.78, 5) is 0. The van der Waals surface area contributed by atoms with E-state index in [2.05, 4.69) is 0 Å². The molecule has 1 atom stereocenters. The first-order chi connectivity index (χ1) is 6.65. The maximum Gasteiger partial charge on any atom is 0.397 e. The van der Waals surface area contributed by atoms with E-state index in [4.69, 9.17) is 0 Å². The van der Waals surface area contributed by atoms with E-state index in [1.54, 1.807) is 0 Å². The molecule has 0 aromatic carbocycles. The Kier molecular flexibility index (Phi) is 3.64. The highest BCUT2D eigenvalue weighted by atomic mass is 32.2. The summed E-state index contributed by atoms with van der Waals surface area (Å²) in [6.07, 6.45) is -9.59. The molecule has 0 aromatic rings. The Labute approximate surface area is 87.2 Å². The normalized spacial score (nSPS) is 17.3. The van der Waals surface area contributed by atoms with Gasteiger partial charge in [0.05, 0.1) is 5.41 Å². The first-order valence-electron chi connectivity index (χ1n) is 3.69. The summed E-state index contributed by atoms with van der Waals surface area (Å²) in [5, 5.41) is -5.63. The molecule has 0 aromatic heterocycles. The largest absolute Gasteiger partial charge is 0.743 e. The summed E-state index contributed by atoms with van der Waals surface area (Å²) in [5.41, 5.74) is -3.66. The average Bonchev–Trinajstić information content (AvgIpc) is 1.98. The van der Waals surface area contributed by atoms with Crippen LogP contribution in [0.1, 0.15) is 13.8 Å². The maximum atomic E-state index is 12.9. The van der Waals surface area contributed by atoms with Crippen molar-refractivity contribution in [1.82, 2.24) is 0 Å². The van der Waals surface area contributed by atoms with Crippen LogP contribution in [-0.2, 0) is 10.1 Å². The van der Waals surface area contributed by atoms with Crippen LogP contribution in [0.5, 0.6) is 0 Å². The van der Waals surface area contributed by atoms with Gasteiger partial charge in [-0.3, -0.25) is 0 Å². The lowest BCUT2D eigenvalue weighted by molar-refractivity contribution is -0.250. The Hall–Kier alpha value is -0.510. The van der Waals surface area contributed by atoms with Crippen LogP contribution in [0.3, 0.4) is 0 Å². The summed E-state index contributed by atoms with van der Waals surface area (Å²) in [7, 11) is -6.50. The Morgan fingerprint density at radius 1 is 1.06 bits per heavy atom. The topological polar surface area (TPSA) is 57.2 Å². The average molecular weight is 273 g/mol. The maximum absolute atomic E-state index is 12.9. The van der Waals surface area contributed by atoms with Gasteiger partial charge in [-0.25, -0.2) is 12.8 Å². The molecule has 3 nitrogen and oxygen atoms in total. The predicted molar refractivity (Wildman–Crippen MR) is 39.4 cm³/mol. The molecule has 0 rings (SSSR count). The highest BCUT2D eigenvalue weighted by Crippen LogP contribution is 2.47. The van der Waals surface area contributed by atoms with Crippen molar-refractivity contribution in [3.05, 3.63) is 0 Å². The van der Waals surface area contributed by atoms with E-state index in [9.17, 15) is 39.3 Å². The molecule has 0 amide bonds. The van der Waals surface area contributed by atoms with Gasteiger partial charge in [-0.15, -0.1) is 0 Å². The monoisotopic (exact) mass is 273 g/mol. The van der Waals surface area contributed by atoms with Gasteiger partial charge in [0, 0.05) is 0 Å². The van der Waals surface area contributed by atoms with Gasteiger partial charge >= 0.3 is 11.4 Å². The van der Waals surface area contributed by atoms with Crippen LogP contribution in [0.25, 0.3) is 0 Å². The van der Waals surface area contributed by atoms with Gasteiger partial charge in [0.1, 0.15) is 0 Å². The van der Waals surface area contributed by atoms with E-state index in [0.29, 0.717) is 0 Å². The van der Waals surface area contributed by atoms with E-state index in [1.165, 1.54) is 0 Å². The molecule has 0 aliphatic rings. The van der Waals surface area contributed by atoms with Crippen molar-refractivity contribution >= 4 is 10.1 Å². The smallest absolute Gasteiger partial charge is 0.397 e. The Bertz CT molecular complexity index is 357. The van der Waals surface area contributed by atoms with Gasteiger partial charge in [-0.1, -0.05) is 0 Å². The zero-order valence-electron chi connectivity index (χ0n) is 7.98. The molecular formula is C6H7F6O3S-. The fourth-order valence-corrected chi connectivity index (χ4v) is 1.24. The van der Waals surface area contributed by atoms with Crippen LogP contribution < -0.4 is 0 Å². The lowest BCUT2D eigenvalue weighted by Crippen LogP contribution is -2.52. The van der Waals surface area contributed by atoms with E-state index in [1.807, 2.05) is 0 Å². The van der Waals surface area contributed by atoms with Crippen LogP contribution >= 0.6 is 0 Å². The van der Waals surface area contributed by atoms with E-state index in [-0.39, 0.29) is 13.8 Å². The number of hydrogen-bond acceptors (Lipinski definition) is 3. The first kappa shape index (κ1) is 15.5. The zero-order valence-corrected chi connectivity index (χ0v) is 8.79. The molecule has 0 heterocycles. The SMILES string of the molecule is CC(C)(C(F)C(F)(F)S(=O)(=O)[O-])C(F)(F)F. The minimum Gasteiger partial charge on any atom is -0.743 e. The number of alkyl halides is 6. The Balaban J connectivity index is 5.48. The van der Waals surface area contributed by atoms with Gasteiger partial charge in [0.15, 0.2) is 16.3 Å². The standard InChI is InChI=1S/C6H8F6O3S/c1-4(2,6(10,11)12)3(7)5(8,9)16(13,14)15/h3H,1-2H3,(H,13,14,15)/p-1. The molecule has 0 aliphatic heterocycles. The van der Waals surface area contributed by atoms with Crippen molar-refractivity contribution in [3.63, 3.8) is 0 Å². The van der Waals surface area contributed by atoms with Crippen LogP contribution in [0.2, 0.25) is 0 Å². The third-order valence-electron chi connectivity index (χ3n) is 1.99. The number of rotatable bonds is 3. The summed E-state index contributed by atoms with van der Waals surface area (Å²) < 4.78 is 104. The molecule has 0 bridgehead atoms. The molecule has 0 saturated carbocycles. The molecule has 0 aliphatic carbocycles. The lowest BCUT2D eigenvalue weighted by atomic mass is 9.87. The van der Waals surface area contributed by atoms with E-state index >= 15 is 0 Å². The second-order valence-electron chi connectivity index (χ2n) is 3.60. The van der Waals surface area contributed by atoms with E-state index in [0.717, 1.165) is 0 Å². The molecular weight excluding hydrogens is 266 g/mol. The van der Waals surface area contributed by atoms with Crippen molar-refractivity contribution in [2.45, 2.75) is 31.5 Å². The Morgan fingerprint density at radius 3 is 1.56 bits per heavy atom. The minimum atomic E-state index is -6.50. The molecule has 1 unspecified atom stereocenters. The molecule has 16 heavy (non-hydrogen) atoms. The van der Waals surface area contributed by atoms with Crippen molar-refractivity contribution in [2.24, 2.45) is 5.41 Å². The van der Waals surface area contributed by atoms with Gasteiger partial charge in [-0.05, 0) is 13.8 Å². The quantitative estimate of drug-likeness (QED) is 0.584. The third kappa shape index (κ3) is 2.42. The minimum absolute atomic E-state index is 0.0384.